The van der Waals surface area contributed by atoms with Gasteiger partial charge >= 0.3 is 13.7 Å². The van der Waals surface area contributed by atoms with Crippen LogP contribution in [-0.2, 0) is 41.2 Å². The van der Waals surface area contributed by atoms with Crippen LogP contribution in [0.15, 0.2) is 109 Å². The fourth-order valence-corrected chi connectivity index (χ4v) is 6.65. The van der Waals surface area contributed by atoms with Crippen LogP contribution in [0.2, 0.25) is 0 Å². The molecule has 0 spiro atoms. The number of ketones is 1. The Kier molecular flexibility index (Phi) is 10.0. The van der Waals surface area contributed by atoms with E-state index in [1.54, 1.807) is 18.2 Å². The summed E-state index contributed by atoms with van der Waals surface area (Å²) in [6, 6.07) is 29.7. The highest BCUT2D eigenvalue weighted by molar-refractivity contribution is 7.52. The van der Waals surface area contributed by atoms with Crippen LogP contribution >= 0.6 is 7.75 Å². The van der Waals surface area contributed by atoms with Crippen molar-refractivity contribution in [2.75, 3.05) is 6.61 Å². The van der Waals surface area contributed by atoms with Gasteiger partial charge in [0.25, 0.3) is 5.91 Å². The minimum absolute atomic E-state index is 0.00641. The van der Waals surface area contributed by atoms with Crippen LogP contribution in [0.25, 0.3) is 10.8 Å². The van der Waals surface area contributed by atoms with Crippen molar-refractivity contribution in [3.8, 4) is 5.75 Å². The highest BCUT2D eigenvalue weighted by atomic mass is 31.2. The maximum Gasteiger partial charge on any atom is 0.459 e. The average molecular weight is 670 g/mol. The van der Waals surface area contributed by atoms with E-state index in [9.17, 15) is 18.9 Å². The number of carbonyl (C=O) groups is 3. The Bertz CT molecular complexity index is 1950. The molecule has 5 aromatic rings. The standard InChI is InChI=1S/C34H32N5O8P/c35-32(41)33-36-22-39(37-33)31-19-28(40)30(46-31)21-45-48(43,47-29-17-9-15-25-14-7-8-16-26(25)29)38-27(18-23-10-3-1-4-11-23)34(42)44-20-24-12-5-2-6-13-24/h1-17,22,27,30-31H,18-21H2,(H2,35,41)(H,38,43)/t27-,30+,31+,48?/m0/s1. The highest BCUT2D eigenvalue weighted by Gasteiger charge is 2.40. The number of nitrogens with two attached hydrogens (primary N) is 1. The Balaban J connectivity index is 1.26. The van der Waals surface area contributed by atoms with Gasteiger partial charge < -0.3 is 19.7 Å². The molecule has 1 saturated heterocycles. The number of aromatic nitrogens is 3. The molecule has 4 atom stereocenters. The maximum absolute atomic E-state index is 14.7. The van der Waals surface area contributed by atoms with Crippen LogP contribution < -0.4 is 15.3 Å². The van der Waals surface area contributed by atoms with Crippen molar-refractivity contribution in [1.29, 1.82) is 0 Å². The first kappa shape index (κ1) is 32.7. The molecule has 1 fully saturated rings. The molecule has 1 aliphatic heterocycles. The van der Waals surface area contributed by atoms with Crippen LogP contribution in [0.5, 0.6) is 5.75 Å². The van der Waals surface area contributed by atoms with Gasteiger partial charge in [0.1, 0.15) is 30.8 Å². The monoisotopic (exact) mass is 669 g/mol. The molecule has 3 N–H and O–H groups in total. The molecule has 2 heterocycles. The van der Waals surface area contributed by atoms with E-state index in [0.29, 0.717) is 5.39 Å². The second-order valence-corrected chi connectivity index (χ2v) is 12.7. The molecule has 1 unspecified atom stereocenters. The average Bonchev–Trinajstić information content (AvgIpc) is 3.74. The van der Waals surface area contributed by atoms with Crippen molar-refractivity contribution >= 4 is 36.2 Å². The number of carbonyl (C=O) groups excluding carboxylic acids is 3. The molecule has 4 aromatic carbocycles. The molecule has 246 valence electrons. The van der Waals surface area contributed by atoms with Crippen LogP contribution in [0.1, 0.15) is 34.4 Å². The van der Waals surface area contributed by atoms with E-state index >= 15 is 0 Å². The second-order valence-electron chi connectivity index (χ2n) is 11.0. The largest absolute Gasteiger partial charge is 0.460 e. The predicted octanol–water partition coefficient (Wildman–Crippen LogP) is 4.53. The van der Waals surface area contributed by atoms with Crippen molar-refractivity contribution in [3.63, 3.8) is 0 Å². The summed E-state index contributed by atoms with van der Waals surface area (Å²) in [4.78, 5) is 41.8. The first-order valence-corrected chi connectivity index (χ1v) is 16.6. The summed E-state index contributed by atoms with van der Waals surface area (Å²) in [6.45, 7) is -0.494. The molecule has 0 bridgehead atoms. The summed E-state index contributed by atoms with van der Waals surface area (Å²) in [5, 5.41) is 8.26. The molecule has 1 amide bonds. The summed E-state index contributed by atoms with van der Waals surface area (Å²) in [5.41, 5.74) is 6.78. The number of rotatable bonds is 14. The number of Topliss-reactive ketones (excluding diaryl/α,β-unsaturated/α-hetero) is 1. The van der Waals surface area contributed by atoms with E-state index in [2.05, 4.69) is 15.2 Å². The molecule has 0 saturated carbocycles. The smallest absolute Gasteiger partial charge is 0.459 e. The van der Waals surface area contributed by atoms with Gasteiger partial charge in [-0.15, -0.1) is 5.10 Å². The summed E-state index contributed by atoms with van der Waals surface area (Å²) in [6.07, 6.45) is -0.847. The Morgan fingerprint density at radius 2 is 1.65 bits per heavy atom. The second kappa shape index (κ2) is 14.7. The lowest BCUT2D eigenvalue weighted by Gasteiger charge is -2.26. The van der Waals surface area contributed by atoms with Gasteiger partial charge in [-0.05, 0) is 29.0 Å². The minimum Gasteiger partial charge on any atom is -0.460 e. The minimum atomic E-state index is -4.45. The number of nitrogens with zero attached hydrogens (tertiary/aromatic N) is 3. The summed E-state index contributed by atoms with van der Waals surface area (Å²) >= 11 is 0. The number of hydrogen-bond acceptors (Lipinski definition) is 10. The molecule has 48 heavy (non-hydrogen) atoms. The molecule has 13 nitrogen and oxygen atoms in total. The molecular formula is C34H32N5O8P. The number of hydrogen-bond donors (Lipinski definition) is 2. The predicted molar refractivity (Wildman–Crippen MR) is 174 cm³/mol. The van der Waals surface area contributed by atoms with E-state index in [-0.39, 0.29) is 36.8 Å². The zero-order valence-electron chi connectivity index (χ0n) is 25.6. The van der Waals surface area contributed by atoms with E-state index < -0.39 is 44.6 Å². The number of esters is 1. The number of primary amides is 1. The number of amides is 1. The van der Waals surface area contributed by atoms with E-state index in [1.807, 2.05) is 84.9 Å². The number of benzene rings is 4. The lowest BCUT2D eigenvalue weighted by Crippen LogP contribution is -2.40. The third-order valence-electron chi connectivity index (χ3n) is 7.55. The topological polar surface area (TPSA) is 174 Å². The van der Waals surface area contributed by atoms with Crippen molar-refractivity contribution in [2.45, 2.75) is 37.8 Å². The molecule has 14 heteroatoms. The first-order chi connectivity index (χ1) is 23.3. The Morgan fingerprint density at radius 3 is 2.38 bits per heavy atom. The third kappa shape index (κ3) is 8.01. The van der Waals surface area contributed by atoms with Gasteiger partial charge in [0.2, 0.25) is 5.82 Å². The fourth-order valence-electron chi connectivity index (χ4n) is 5.14. The van der Waals surface area contributed by atoms with Crippen LogP contribution in [0, 0.1) is 0 Å². The molecule has 0 aliphatic carbocycles. The summed E-state index contributed by atoms with van der Waals surface area (Å²) in [5.74, 6) is -1.87. The fraction of sp³-hybridized carbons (Fsp3) is 0.206. The lowest BCUT2D eigenvalue weighted by atomic mass is 10.1. The lowest BCUT2D eigenvalue weighted by molar-refractivity contribution is -0.147. The van der Waals surface area contributed by atoms with Crippen LogP contribution in [-0.4, -0.2) is 51.2 Å². The third-order valence-corrected chi connectivity index (χ3v) is 9.10. The molecule has 1 aliphatic rings. The normalized spacial score (nSPS) is 17.9. The maximum atomic E-state index is 14.7. The number of nitrogens with one attached hydrogen (secondary N) is 1. The van der Waals surface area contributed by atoms with Crippen LogP contribution in [0.3, 0.4) is 0 Å². The van der Waals surface area contributed by atoms with E-state index in [4.69, 9.17) is 24.3 Å². The van der Waals surface area contributed by atoms with Crippen LogP contribution in [0.4, 0.5) is 0 Å². The molecule has 1 aromatic heterocycles. The summed E-state index contributed by atoms with van der Waals surface area (Å²) < 4.78 is 39.4. The zero-order chi connectivity index (χ0) is 33.5. The van der Waals surface area contributed by atoms with Gasteiger partial charge in [-0.1, -0.05) is 97.1 Å². The molecule has 0 radical (unpaired) electrons. The van der Waals surface area contributed by atoms with E-state index in [0.717, 1.165) is 16.5 Å². The molecule has 6 rings (SSSR count). The highest BCUT2D eigenvalue weighted by Crippen LogP contribution is 2.47. The summed E-state index contributed by atoms with van der Waals surface area (Å²) in [7, 11) is -4.45. The van der Waals surface area contributed by atoms with Gasteiger partial charge in [0.05, 0.1) is 13.0 Å². The van der Waals surface area contributed by atoms with Gasteiger partial charge in [-0.2, -0.15) is 5.09 Å². The first-order valence-electron chi connectivity index (χ1n) is 15.1. The Morgan fingerprint density at radius 1 is 0.958 bits per heavy atom. The number of ether oxygens (including phenoxy) is 2. The van der Waals surface area contributed by atoms with Crippen molar-refractivity contribution in [2.24, 2.45) is 5.73 Å². The van der Waals surface area contributed by atoms with Gasteiger partial charge in [-0.3, -0.25) is 18.9 Å². The van der Waals surface area contributed by atoms with Crippen molar-refractivity contribution < 1.29 is 37.5 Å². The SMILES string of the molecule is NC(=O)c1ncn([C@H]2CC(=O)[C@@H](COP(=O)(N[C@@H](Cc3ccccc3)C(=O)OCc3ccccc3)Oc3cccc4ccccc34)O2)n1. The van der Waals surface area contributed by atoms with Gasteiger partial charge in [-0.25, -0.2) is 14.2 Å². The Hall–Kier alpha value is -5.20. The Labute approximate surface area is 275 Å². The number of fused-ring (bicyclic) bond motifs is 1. The molecular weight excluding hydrogens is 637 g/mol. The zero-order valence-corrected chi connectivity index (χ0v) is 26.5. The van der Waals surface area contributed by atoms with E-state index in [1.165, 1.54) is 11.0 Å². The van der Waals surface area contributed by atoms with Crippen molar-refractivity contribution in [3.05, 3.63) is 126 Å². The van der Waals surface area contributed by atoms with Crippen molar-refractivity contribution in [1.82, 2.24) is 19.9 Å². The van der Waals surface area contributed by atoms with Gasteiger partial charge in [0, 0.05) is 5.39 Å². The van der Waals surface area contributed by atoms with Gasteiger partial charge in [0.15, 0.2) is 12.0 Å². The quantitative estimate of drug-likeness (QED) is 0.126.